The third kappa shape index (κ3) is 5.48. The summed E-state index contributed by atoms with van der Waals surface area (Å²) in [5.74, 6) is 1.54. The van der Waals surface area contributed by atoms with Gasteiger partial charge in [0.15, 0.2) is 5.96 Å². The Morgan fingerprint density at radius 3 is 2.32 bits per heavy atom. The van der Waals surface area contributed by atoms with Crippen LogP contribution in [-0.4, -0.2) is 75.2 Å². The second kappa shape index (κ2) is 10.3. The Kier molecular flexibility index (Phi) is 7.74. The number of nitrogens with one attached hydrogen (secondary N) is 2. The average Bonchev–Trinajstić information content (AvgIpc) is 2.70. The second-order valence-electron chi connectivity index (χ2n) is 8.65. The molecule has 0 radical (unpaired) electrons. The van der Waals surface area contributed by atoms with Crippen molar-refractivity contribution in [3.8, 4) is 0 Å². The third-order valence-corrected chi connectivity index (χ3v) is 6.61. The molecule has 1 aromatic rings. The lowest BCUT2D eigenvalue weighted by molar-refractivity contribution is 0.124. The van der Waals surface area contributed by atoms with Gasteiger partial charge in [-0.25, -0.2) is 0 Å². The molecular weight excluding hydrogens is 346 g/mol. The maximum absolute atomic E-state index is 4.46. The zero-order valence-electron chi connectivity index (χ0n) is 18.1. The van der Waals surface area contributed by atoms with Gasteiger partial charge in [0.05, 0.1) is 0 Å². The topological polar surface area (TPSA) is 42.9 Å². The molecule has 5 nitrogen and oxygen atoms in total. The SMILES string of the molecule is CCN1CCN(CC(C)CNC(=NC)NCC2(c3ccccc3)CCC2)CC1. The van der Waals surface area contributed by atoms with Gasteiger partial charge in [-0.15, -0.1) is 0 Å². The predicted octanol–water partition coefficient (Wildman–Crippen LogP) is 2.55. The molecular formula is C23H39N5. The van der Waals surface area contributed by atoms with E-state index >= 15 is 0 Å². The van der Waals surface area contributed by atoms with Crippen molar-refractivity contribution in [2.75, 3.05) is 59.4 Å². The summed E-state index contributed by atoms with van der Waals surface area (Å²) in [4.78, 5) is 9.60. The Balaban J connectivity index is 1.41. The van der Waals surface area contributed by atoms with Crippen LogP contribution in [-0.2, 0) is 5.41 Å². The van der Waals surface area contributed by atoms with Gasteiger partial charge in [0.1, 0.15) is 0 Å². The van der Waals surface area contributed by atoms with Crippen LogP contribution in [0.3, 0.4) is 0 Å². The molecule has 3 rings (SSSR count). The molecule has 2 aliphatic rings. The molecule has 1 saturated carbocycles. The Morgan fingerprint density at radius 2 is 1.75 bits per heavy atom. The van der Waals surface area contributed by atoms with Crippen LogP contribution in [0.15, 0.2) is 35.3 Å². The van der Waals surface area contributed by atoms with Crippen LogP contribution in [0.2, 0.25) is 0 Å². The Bertz CT molecular complexity index is 603. The van der Waals surface area contributed by atoms with Crippen LogP contribution in [0.5, 0.6) is 0 Å². The van der Waals surface area contributed by atoms with Crippen molar-refractivity contribution in [3.05, 3.63) is 35.9 Å². The van der Waals surface area contributed by atoms with E-state index in [1.54, 1.807) is 0 Å². The Hall–Kier alpha value is -1.59. The highest BCUT2D eigenvalue weighted by atomic mass is 15.3. The van der Waals surface area contributed by atoms with E-state index < -0.39 is 0 Å². The van der Waals surface area contributed by atoms with E-state index in [1.165, 1.54) is 57.5 Å². The van der Waals surface area contributed by atoms with E-state index in [-0.39, 0.29) is 5.41 Å². The normalized spacial score (nSPS) is 21.8. The van der Waals surface area contributed by atoms with Crippen LogP contribution in [0.25, 0.3) is 0 Å². The zero-order valence-corrected chi connectivity index (χ0v) is 18.1. The number of nitrogens with zero attached hydrogens (tertiary/aromatic N) is 3. The molecule has 1 aliphatic heterocycles. The molecule has 5 heteroatoms. The average molecular weight is 386 g/mol. The van der Waals surface area contributed by atoms with E-state index in [2.05, 4.69) is 69.6 Å². The van der Waals surface area contributed by atoms with Gasteiger partial charge in [0.25, 0.3) is 0 Å². The molecule has 156 valence electrons. The summed E-state index contributed by atoms with van der Waals surface area (Å²) >= 11 is 0. The van der Waals surface area contributed by atoms with Crippen molar-refractivity contribution >= 4 is 5.96 Å². The van der Waals surface area contributed by atoms with Gasteiger partial charge in [0.2, 0.25) is 0 Å². The first-order chi connectivity index (χ1) is 13.6. The van der Waals surface area contributed by atoms with Crippen LogP contribution < -0.4 is 10.6 Å². The van der Waals surface area contributed by atoms with E-state index in [0.29, 0.717) is 5.92 Å². The van der Waals surface area contributed by atoms with Crippen molar-refractivity contribution < 1.29 is 0 Å². The molecule has 1 aromatic carbocycles. The number of piperazine rings is 1. The number of guanidine groups is 1. The maximum Gasteiger partial charge on any atom is 0.191 e. The minimum Gasteiger partial charge on any atom is -0.356 e. The number of aliphatic imine (C=N–C) groups is 1. The lowest BCUT2D eigenvalue weighted by Gasteiger charge is -2.43. The highest BCUT2D eigenvalue weighted by molar-refractivity contribution is 5.79. The van der Waals surface area contributed by atoms with Gasteiger partial charge in [-0.2, -0.15) is 0 Å². The van der Waals surface area contributed by atoms with Crippen molar-refractivity contribution in [1.29, 1.82) is 0 Å². The van der Waals surface area contributed by atoms with E-state index in [1.807, 2.05) is 7.05 Å². The molecule has 1 unspecified atom stereocenters. The molecule has 0 aromatic heterocycles. The molecule has 1 atom stereocenters. The van der Waals surface area contributed by atoms with E-state index in [4.69, 9.17) is 0 Å². The smallest absolute Gasteiger partial charge is 0.191 e. The minimum absolute atomic E-state index is 0.281. The molecule has 2 N–H and O–H groups in total. The molecule has 0 bridgehead atoms. The van der Waals surface area contributed by atoms with Gasteiger partial charge in [0, 0.05) is 58.3 Å². The summed E-state index contributed by atoms with van der Waals surface area (Å²) in [7, 11) is 1.87. The summed E-state index contributed by atoms with van der Waals surface area (Å²) in [6.07, 6.45) is 3.85. The van der Waals surface area contributed by atoms with Crippen molar-refractivity contribution in [2.24, 2.45) is 10.9 Å². The zero-order chi connectivity index (χ0) is 19.8. The van der Waals surface area contributed by atoms with Crippen LogP contribution >= 0.6 is 0 Å². The fourth-order valence-corrected chi connectivity index (χ4v) is 4.50. The standard InChI is InChI=1S/C23H39N5/c1-4-27-13-15-28(16-14-27)18-20(2)17-25-22(24-3)26-19-23(11-8-12-23)21-9-6-5-7-10-21/h5-7,9-10,20H,4,8,11-19H2,1-3H3,(H2,24,25,26). The van der Waals surface area contributed by atoms with Crippen molar-refractivity contribution in [1.82, 2.24) is 20.4 Å². The van der Waals surface area contributed by atoms with Gasteiger partial charge in [-0.05, 0) is 30.9 Å². The molecule has 1 heterocycles. The number of likely N-dealkylation sites (N-methyl/N-ethyl adjacent to an activating group) is 1. The number of hydrogen-bond acceptors (Lipinski definition) is 3. The van der Waals surface area contributed by atoms with Gasteiger partial charge >= 0.3 is 0 Å². The number of rotatable bonds is 8. The number of benzene rings is 1. The monoisotopic (exact) mass is 385 g/mol. The first-order valence-corrected chi connectivity index (χ1v) is 11.1. The Morgan fingerprint density at radius 1 is 1.07 bits per heavy atom. The van der Waals surface area contributed by atoms with Crippen LogP contribution in [0.1, 0.15) is 38.7 Å². The number of hydrogen-bond donors (Lipinski definition) is 2. The Labute approximate surface area is 171 Å². The van der Waals surface area contributed by atoms with Gasteiger partial charge in [-0.3, -0.25) is 4.99 Å². The van der Waals surface area contributed by atoms with Gasteiger partial charge in [-0.1, -0.05) is 50.6 Å². The second-order valence-corrected chi connectivity index (χ2v) is 8.65. The summed E-state index contributed by atoms with van der Waals surface area (Å²) in [6.45, 7) is 13.7. The molecule has 28 heavy (non-hydrogen) atoms. The fraction of sp³-hybridized carbons (Fsp3) is 0.696. The summed E-state index contributed by atoms with van der Waals surface area (Å²) in [5, 5.41) is 7.15. The molecule has 0 spiro atoms. The predicted molar refractivity (Wildman–Crippen MR) is 119 cm³/mol. The summed E-state index contributed by atoms with van der Waals surface area (Å²) in [5.41, 5.74) is 1.74. The minimum atomic E-state index is 0.281. The molecule has 1 aliphatic carbocycles. The van der Waals surface area contributed by atoms with E-state index in [0.717, 1.165) is 25.6 Å². The van der Waals surface area contributed by atoms with Crippen LogP contribution in [0.4, 0.5) is 0 Å². The van der Waals surface area contributed by atoms with Crippen LogP contribution in [0, 0.1) is 5.92 Å². The third-order valence-electron chi connectivity index (χ3n) is 6.61. The lowest BCUT2D eigenvalue weighted by Crippen LogP contribution is -2.50. The van der Waals surface area contributed by atoms with Gasteiger partial charge < -0.3 is 20.4 Å². The summed E-state index contributed by atoms with van der Waals surface area (Å²) in [6, 6.07) is 11.0. The highest BCUT2D eigenvalue weighted by Gasteiger charge is 2.38. The summed E-state index contributed by atoms with van der Waals surface area (Å²) < 4.78 is 0. The lowest BCUT2D eigenvalue weighted by atomic mass is 9.64. The quantitative estimate of drug-likeness (QED) is 0.533. The first-order valence-electron chi connectivity index (χ1n) is 11.1. The molecule has 2 fully saturated rings. The molecule has 1 saturated heterocycles. The fourth-order valence-electron chi connectivity index (χ4n) is 4.50. The van der Waals surface area contributed by atoms with E-state index in [9.17, 15) is 0 Å². The highest BCUT2D eigenvalue weighted by Crippen LogP contribution is 2.43. The van der Waals surface area contributed by atoms with Crippen molar-refractivity contribution in [3.63, 3.8) is 0 Å². The van der Waals surface area contributed by atoms with Crippen molar-refractivity contribution in [2.45, 2.75) is 38.5 Å². The largest absolute Gasteiger partial charge is 0.356 e. The molecule has 0 amide bonds. The maximum atomic E-state index is 4.46. The first kappa shape index (κ1) is 21.1.